The van der Waals surface area contributed by atoms with Gasteiger partial charge in [-0.3, -0.25) is 4.79 Å². The van der Waals surface area contributed by atoms with Crippen molar-refractivity contribution in [3.05, 3.63) is 76.6 Å². The number of carbonyl (C=O) groups is 1. The molecule has 3 aromatic rings. The molecule has 0 spiro atoms. The highest BCUT2D eigenvalue weighted by molar-refractivity contribution is 5.96. The number of aromatic nitrogens is 4. The highest BCUT2D eigenvalue weighted by atomic mass is 19.4. The first kappa shape index (κ1) is 21.2. The first-order valence-corrected chi connectivity index (χ1v) is 10.2. The first-order valence-electron chi connectivity index (χ1n) is 10.2. The number of aryl methyl sites for hydroxylation is 1. The molecule has 1 aliphatic carbocycles. The van der Waals surface area contributed by atoms with Crippen LogP contribution in [0.4, 0.5) is 13.2 Å². The van der Waals surface area contributed by atoms with E-state index in [4.69, 9.17) is 0 Å². The number of hydrogen-bond donors (Lipinski definition) is 0. The summed E-state index contributed by atoms with van der Waals surface area (Å²) in [5, 5.41) is 7.99. The highest BCUT2D eigenvalue weighted by Gasteiger charge is 2.35. The lowest BCUT2D eigenvalue weighted by molar-refractivity contribution is -0.141. The van der Waals surface area contributed by atoms with Gasteiger partial charge in [0, 0.05) is 19.9 Å². The third kappa shape index (κ3) is 5.00. The normalized spacial score (nSPS) is 15.1. The molecule has 1 aromatic carbocycles. The quantitative estimate of drug-likeness (QED) is 0.504. The number of ketones is 1. The Labute approximate surface area is 178 Å². The van der Waals surface area contributed by atoms with Crippen molar-refractivity contribution in [3.63, 3.8) is 0 Å². The molecule has 0 unspecified atom stereocenters. The Kier molecular flexibility index (Phi) is 5.64. The molecular weight excluding hydrogens is 405 g/mol. The van der Waals surface area contributed by atoms with E-state index in [0.29, 0.717) is 12.0 Å². The molecule has 0 radical (unpaired) electrons. The molecule has 162 valence electrons. The van der Waals surface area contributed by atoms with Gasteiger partial charge in [-0.2, -0.15) is 13.2 Å². The van der Waals surface area contributed by atoms with E-state index in [1.54, 1.807) is 6.33 Å². The Balaban J connectivity index is 1.53. The second-order valence-corrected chi connectivity index (χ2v) is 8.25. The average molecular weight is 428 g/mol. The summed E-state index contributed by atoms with van der Waals surface area (Å²) in [6.07, 6.45) is -0.540. The van der Waals surface area contributed by atoms with E-state index < -0.39 is 17.7 Å². The van der Waals surface area contributed by atoms with Crippen LogP contribution in [0.5, 0.6) is 0 Å². The zero-order chi connectivity index (χ0) is 22.2. The Hall–Kier alpha value is -3.03. The minimum Gasteiger partial charge on any atom is -0.321 e. The molecule has 1 atom stereocenters. The lowest BCUT2D eigenvalue weighted by Crippen LogP contribution is -2.14. The van der Waals surface area contributed by atoms with Crippen molar-refractivity contribution in [2.75, 3.05) is 0 Å². The number of pyridine rings is 1. The van der Waals surface area contributed by atoms with Gasteiger partial charge in [-0.25, -0.2) is 4.98 Å². The minimum atomic E-state index is -4.57. The molecule has 4 rings (SSSR count). The minimum absolute atomic E-state index is 0.00291. The van der Waals surface area contributed by atoms with Crippen LogP contribution in [-0.4, -0.2) is 25.5 Å². The number of alkyl halides is 3. The number of rotatable bonds is 7. The fourth-order valence-corrected chi connectivity index (χ4v) is 3.66. The summed E-state index contributed by atoms with van der Waals surface area (Å²) in [6, 6.07) is 10.2. The lowest BCUT2D eigenvalue weighted by atomic mass is 9.94. The van der Waals surface area contributed by atoms with Crippen LogP contribution in [0.3, 0.4) is 0 Å². The Morgan fingerprint density at radius 3 is 2.65 bits per heavy atom. The summed E-state index contributed by atoms with van der Waals surface area (Å²) >= 11 is 0. The SMILES string of the molecule is C[C@H](Cc1nncn1C)c1cccc(CC(=O)c2cc(C3CC3)cc(C(F)(F)F)n2)c1. The third-order valence-electron chi connectivity index (χ3n) is 5.65. The maximum atomic E-state index is 13.3. The van der Waals surface area contributed by atoms with Crippen LogP contribution in [0.25, 0.3) is 0 Å². The van der Waals surface area contributed by atoms with E-state index >= 15 is 0 Å². The number of benzene rings is 1. The van der Waals surface area contributed by atoms with Crippen LogP contribution in [0.1, 0.15) is 70.3 Å². The topological polar surface area (TPSA) is 60.7 Å². The van der Waals surface area contributed by atoms with Crippen LogP contribution < -0.4 is 0 Å². The number of hydrogen-bond acceptors (Lipinski definition) is 4. The molecular formula is C23H23F3N4O. The highest BCUT2D eigenvalue weighted by Crippen LogP contribution is 2.42. The molecule has 0 amide bonds. The van der Waals surface area contributed by atoms with Crippen molar-refractivity contribution in [3.8, 4) is 0 Å². The van der Waals surface area contributed by atoms with E-state index in [0.717, 1.165) is 35.9 Å². The average Bonchev–Trinajstić information content (AvgIpc) is 3.51. The van der Waals surface area contributed by atoms with Crippen LogP contribution in [-0.2, 0) is 26.1 Å². The molecule has 2 heterocycles. The molecule has 1 aliphatic rings. The van der Waals surface area contributed by atoms with Crippen LogP contribution in [0, 0.1) is 0 Å². The van der Waals surface area contributed by atoms with Crippen molar-refractivity contribution < 1.29 is 18.0 Å². The summed E-state index contributed by atoms with van der Waals surface area (Å²) in [5.41, 5.74) is 1.22. The standard InChI is InChI=1S/C23H23F3N4O/c1-14(8-22-29-27-13-30(22)2)17-5-3-4-15(9-17)10-20(31)19-11-18(16-6-7-16)12-21(28-19)23(24,25)26/h3-5,9,11-14,16H,6-8,10H2,1-2H3/t14-/m1/s1. The third-order valence-corrected chi connectivity index (χ3v) is 5.65. The first-order chi connectivity index (χ1) is 14.7. The molecule has 0 bridgehead atoms. The van der Waals surface area contributed by atoms with E-state index in [2.05, 4.69) is 22.1 Å². The summed E-state index contributed by atoms with van der Waals surface area (Å²) in [7, 11) is 1.88. The van der Waals surface area contributed by atoms with Crippen molar-refractivity contribution in [2.24, 2.45) is 7.05 Å². The van der Waals surface area contributed by atoms with E-state index in [1.165, 1.54) is 6.07 Å². The van der Waals surface area contributed by atoms with Gasteiger partial charge in [0.25, 0.3) is 0 Å². The number of nitrogens with zero attached hydrogens (tertiary/aromatic N) is 4. The molecule has 31 heavy (non-hydrogen) atoms. The van der Waals surface area contributed by atoms with Gasteiger partial charge in [-0.1, -0.05) is 31.2 Å². The molecule has 1 saturated carbocycles. The largest absolute Gasteiger partial charge is 0.433 e. The molecule has 2 aromatic heterocycles. The fraction of sp³-hybridized carbons (Fsp3) is 0.391. The van der Waals surface area contributed by atoms with Crippen molar-refractivity contribution in [1.29, 1.82) is 0 Å². The Bertz CT molecular complexity index is 1100. The summed E-state index contributed by atoms with van der Waals surface area (Å²) in [5.74, 6) is 0.687. The van der Waals surface area contributed by atoms with Gasteiger partial charge in [-0.05, 0) is 53.5 Å². The number of Topliss-reactive ketones (excluding diaryl/α,β-unsaturated/α-hetero) is 1. The maximum Gasteiger partial charge on any atom is 0.433 e. The maximum absolute atomic E-state index is 13.3. The van der Waals surface area contributed by atoms with Gasteiger partial charge in [-0.15, -0.1) is 10.2 Å². The van der Waals surface area contributed by atoms with Crippen molar-refractivity contribution >= 4 is 5.78 Å². The number of carbonyl (C=O) groups excluding carboxylic acids is 1. The number of halogens is 3. The zero-order valence-corrected chi connectivity index (χ0v) is 17.4. The summed E-state index contributed by atoms with van der Waals surface area (Å²) in [4.78, 5) is 16.5. The van der Waals surface area contributed by atoms with E-state index in [-0.39, 0.29) is 24.0 Å². The second-order valence-electron chi connectivity index (χ2n) is 8.25. The molecule has 0 aliphatic heterocycles. The van der Waals surface area contributed by atoms with Crippen LogP contribution in [0.15, 0.2) is 42.7 Å². The summed E-state index contributed by atoms with van der Waals surface area (Å²) in [6.45, 7) is 2.06. The van der Waals surface area contributed by atoms with Crippen molar-refractivity contribution in [1.82, 2.24) is 19.7 Å². The Morgan fingerprint density at radius 2 is 2.00 bits per heavy atom. The smallest absolute Gasteiger partial charge is 0.321 e. The van der Waals surface area contributed by atoms with Crippen molar-refractivity contribution in [2.45, 2.75) is 50.6 Å². The fourth-order valence-electron chi connectivity index (χ4n) is 3.66. The van der Waals surface area contributed by atoms with Gasteiger partial charge in [0.2, 0.25) is 0 Å². The van der Waals surface area contributed by atoms with Crippen LogP contribution in [0.2, 0.25) is 0 Å². The van der Waals surface area contributed by atoms with Gasteiger partial charge in [0.15, 0.2) is 5.78 Å². The predicted molar refractivity (Wildman–Crippen MR) is 109 cm³/mol. The van der Waals surface area contributed by atoms with E-state index in [9.17, 15) is 18.0 Å². The molecule has 0 saturated heterocycles. The van der Waals surface area contributed by atoms with Gasteiger partial charge < -0.3 is 4.57 Å². The van der Waals surface area contributed by atoms with Gasteiger partial charge >= 0.3 is 6.18 Å². The molecule has 5 nitrogen and oxygen atoms in total. The second kappa shape index (κ2) is 8.24. The molecule has 0 N–H and O–H groups in total. The van der Waals surface area contributed by atoms with Gasteiger partial charge in [0.1, 0.15) is 23.5 Å². The zero-order valence-electron chi connectivity index (χ0n) is 17.4. The Morgan fingerprint density at radius 1 is 1.23 bits per heavy atom. The monoisotopic (exact) mass is 428 g/mol. The lowest BCUT2D eigenvalue weighted by Gasteiger charge is -2.13. The van der Waals surface area contributed by atoms with E-state index in [1.807, 2.05) is 35.9 Å². The molecule has 8 heteroatoms. The van der Waals surface area contributed by atoms with Gasteiger partial charge in [0.05, 0.1) is 0 Å². The predicted octanol–water partition coefficient (Wildman–Crippen LogP) is 4.88. The molecule has 1 fully saturated rings. The van der Waals surface area contributed by atoms with Crippen LogP contribution >= 0.6 is 0 Å². The summed E-state index contributed by atoms with van der Waals surface area (Å²) < 4.78 is 41.6.